The van der Waals surface area contributed by atoms with Gasteiger partial charge in [0.25, 0.3) is 0 Å². The van der Waals surface area contributed by atoms with E-state index in [2.05, 4.69) is 166 Å². The van der Waals surface area contributed by atoms with Crippen LogP contribution in [0.25, 0.3) is 142 Å². The number of rotatable bonds is 2. The molecule has 12 aromatic rings. The smallest absolute Gasteiger partial charge is 0.0935 e. The van der Waals surface area contributed by atoms with Crippen LogP contribution < -0.4 is 0 Å². The van der Waals surface area contributed by atoms with Crippen LogP contribution in [0, 0.1) is 0 Å². The lowest BCUT2D eigenvalue weighted by atomic mass is 9.83. The van der Waals surface area contributed by atoms with Gasteiger partial charge >= 0.3 is 0 Å². The molecule has 2 heterocycles. The summed E-state index contributed by atoms with van der Waals surface area (Å²) in [6.07, 6.45) is 3.92. The van der Waals surface area contributed by atoms with Crippen molar-refractivity contribution in [3.8, 4) is 66.8 Å². The largest absolute Gasteiger partial charge is 0.269 e. The Hall–Kier alpha value is -8.31. The maximum Gasteiger partial charge on any atom is 0.0935 e. The normalized spacial score (nSPS) is 11.4. The van der Waals surface area contributed by atoms with Crippen molar-refractivity contribution in [1.29, 1.82) is 0 Å². The van der Waals surface area contributed by atoms with Crippen LogP contribution >= 0.6 is 0 Å². The molecule has 2 aromatic heterocycles. The van der Waals surface area contributed by atoms with Gasteiger partial charge in [0.2, 0.25) is 0 Å². The van der Waals surface area contributed by atoms with Crippen LogP contribution in [0.3, 0.4) is 0 Å². The maximum atomic E-state index is 8.00. The van der Waals surface area contributed by atoms with Crippen molar-refractivity contribution in [3.63, 3.8) is 0 Å². The molecule has 14 rings (SSSR count). The molecule has 0 amide bonds. The lowest BCUT2D eigenvalue weighted by Crippen LogP contribution is -1.95. The average molecular weight is 867 g/mol. The van der Waals surface area contributed by atoms with E-state index in [4.69, 9.17) is 27.4 Å². The molecule has 10 aromatic carbocycles. The van der Waals surface area contributed by atoms with E-state index in [1.807, 2.05) is 24.5 Å². The molecule has 0 atom stereocenters. The average Bonchev–Trinajstić information content (AvgIpc) is 3.87. The molecule has 0 spiro atoms. The van der Waals surface area contributed by atoms with E-state index in [1.54, 1.807) is 0 Å². The minimum absolute atomic E-state index is 0. The first kappa shape index (κ1) is 40.7. The van der Waals surface area contributed by atoms with Gasteiger partial charge in [-0.05, 0) is 140 Å². The molecule has 65 heavy (non-hydrogen) atoms. The summed E-state index contributed by atoms with van der Waals surface area (Å²) in [6.45, 7) is 0. The van der Waals surface area contributed by atoms with Gasteiger partial charge in [-0.2, -0.15) is 20.4 Å². The third kappa shape index (κ3) is 5.78. The highest BCUT2D eigenvalue weighted by Crippen LogP contribution is 2.56. The van der Waals surface area contributed by atoms with E-state index in [0.29, 0.717) is 0 Å². The Labute approximate surface area is 364 Å². The third-order valence-electron chi connectivity index (χ3n) is 13.0. The molecule has 11 heteroatoms. The number of nitrogens with zero attached hydrogens (tertiary/aromatic N) is 4. The van der Waals surface area contributed by atoms with Crippen LogP contribution in [0.2, 0.25) is 0 Å². The summed E-state index contributed by atoms with van der Waals surface area (Å²) < 4.78 is 48.0. The summed E-state index contributed by atoms with van der Waals surface area (Å²) in [7, 11) is 0. The highest BCUT2D eigenvalue weighted by atomic mass is 20.0. The Balaban J connectivity index is 0.000000686. The molecule has 0 fully saturated rings. The lowest BCUT2D eigenvalue weighted by molar-refractivity contribution is 0.108. The van der Waals surface area contributed by atoms with Crippen LogP contribution in [0.15, 0.2) is 170 Å². The van der Waals surface area contributed by atoms with Gasteiger partial charge in [0.1, 0.15) is 0 Å². The number of benzene rings is 10. The minimum atomic E-state index is 0. The Morgan fingerprint density at radius 2 is 0.708 bits per heavy atom. The molecule has 0 bridgehead atoms. The van der Waals surface area contributed by atoms with Crippen molar-refractivity contribution in [3.05, 3.63) is 170 Å². The minimum Gasteiger partial charge on any atom is -0.269 e. The molecule has 0 saturated carbocycles. The van der Waals surface area contributed by atoms with E-state index in [9.17, 15) is 0 Å². The van der Waals surface area contributed by atoms with Gasteiger partial charge in [0, 0.05) is 54.9 Å². The standard InChI is InChI=1S/C54H28N4.3F2.FH/c1-3-19-49-32(13-1)47(27-55-57-49)45-24-39-31(40-23-41-34-15-5-9-29-10-6-16-35(51(29)34)42(41)25-44(40)45)21-22-37-43(39)26-46-36-17-7-11-30-12-8-18-38(52(30)36)54(46)53(37)48-28-56-58-50-20-4-2-14-33(48)50;3*1-2;/h1-28H;;;;1H. The second-order valence-electron chi connectivity index (χ2n) is 15.8. The van der Waals surface area contributed by atoms with Crippen molar-refractivity contribution >= 4 is 75.7 Å². The van der Waals surface area contributed by atoms with Gasteiger partial charge < -0.3 is 0 Å². The van der Waals surface area contributed by atoms with Gasteiger partial charge in [-0.15, -0.1) is 0 Å². The zero-order chi connectivity index (χ0) is 43.6. The Bertz CT molecular complexity index is 3870. The summed E-state index contributed by atoms with van der Waals surface area (Å²) in [4.78, 5) is 0. The SMILES string of the molecule is F.FF.FF.FF.c1cc2c3c(cccc3c1)-c1cc3c(cc1-2)c(-c1cnnc2ccccc12)cc1c2cc4c(c(-c5cnnc6ccccc56)c2ccc31)-c1cccc2cccc-4c12. The second kappa shape index (κ2) is 16.1. The fraction of sp³-hybridized carbons (Fsp3) is 0. The fourth-order valence-electron chi connectivity index (χ4n) is 10.6. The summed E-state index contributed by atoms with van der Waals surface area (Å²) in [5, 5.41) is 32.9. The van der Waals surface area contributed by atoms with Crippen molar-refractivity contribution in [1.82, 2.24) is 20.4 Å². The molecule has 4 nitrogen and oxygen atoms in total. The molecule has 0 radical (unpaired) electrons. The van der Waals surface area contributed by atoms with E-state index < -0.39 is 0 Å². The number of hydrogen-bond donors (Lipinski definition) is 0. The van der Waals surface area contributed by atoms with E-state index >= 15 is 0 Å². The van der Waals surface area contributed by atoms with Gasteiger partial charge in [0.05, 0.1) is 23.4 Å². The highest BCUT2D eigenvalue weighted by molar-refractivity contribution is 6.30. The first-order chi connectivity index (χ1) is 31.8. The van der Waals surface area contributed by atoms with E-state index in [-0.39, 0.29) is 4.70 Å². The Kier molecular flexibility index (Phi) is 10.1. The van der Waals surface area contributed by atoms with Crippen molar-refractivity contribution in [2.45, 2.75) is 0 Å². The molecular formula is C54H29F7N4. The summed E-state index contributed by atoms with van der Waals surface area (Å²) >= 11 is 0. The first-order valence-corrected chi connectivity index (χ1v) is 20.2. The van der Waals surface area contributed by atoms with Gasteiger partial charge in [-0.3, -0.25) is 4.70 Å². The molecule has 0 aliphatic heterocycles. The van der Waals surface area contributed by atoms with Gasteiger partial charge in [-0.1, -0.05) is 121 Å². The van der Waals surface area contributed by atoms with Crippen molar-refractivity contribution in [2.75, 3.05) is 0 Å². The fourth-order valence-corrected chi connectivity index (χ4v) is 10.6. The molecule has 314 valence electrons. The van der Waals surface area contributed by atoms with E-state index in [0.717, 1.165) is 38.5 Å². The first-order valence-electron chi connectivity index (χ1n) is 20.2. The number of aromatic nitrogens is 4. The number of halogens is 7. The summed E-state index contributed by atoms with van der Waals surface area (Å²) in [5.74, 6) is 0. The molecule has 2 aliphatic rings. The molecule has 0 saturated heterocycles. The van der Waals surface area contributed by atoms with Crippen LogP contribution in [0.4, 0.5) is 32.1 Å². The highest BCUT2D eigenvalue weighted by Gasteiger charge is 2.29. The molecular weight excluding hydrogens is 838 g/mol. The quantitative estimate of drug-likeness (QED) is 0.128. The molecule has 0 unspecified atom stereocenters. The third-order valence-corrected chi connectivity index (χ3v) is 13.0. The lowest BCUT2D eigenvalue weighted by Gasteiger charge is -2.20. The zero-order valence-electron chi connectivity index (χ0n) is 33.6. The predicted molar refractivity (Wildman–Crippen MR) is 249 cm³/mol. The molecule has 0 N–H and O–H groups in total. The zero-order valence-corrected chi connectivity index (χ0v) is 33.6. The van der Waals surface area contributed by atoms with Gasteiger partial charge in [-0.25, -0.2) is 0 Å². The van der Waals surface area contributed by atoms with Crippen LogP contribution in [-0.2, 0) is 0 Å². The number of fused-ring (bicyclic) bond motifs is 13. The Morgan fingerprint density at radius 3 is 1.32 bits per heavy atom. The van der Waals surface area contributed by atoms with Gasteiger partial charge in [0.15, 0.2) is 0 Å². The summed E-state index contributed by atoms with van der Waals surface area (Å²) in [6, 6.07) is 58.1. The monoisotopic (exact) mass is 866 g/mol. The van der Waals surface area contributed by atoms with Crippen LogP contribution in [0.1, 0.15) is 0 Å². The van der Waals surface area contributed by atoms with Crippen LogP contribution in [0.5, 0.6) is 0 Å². The topological polar surface area (TPSA) is 51.6 Å². The van der Waals surface area contributed by atoms with E-state index in [1.165, 1.54) is 104 Å². The predicted octanol–water partition coefficient (Wildman–Crippen LogP) is 16.6. The van der Waals surface area contributed by atoms with Crippen molar-refractivity contribution in [2.24, 2.45) is 0 Å². The Morgan fingerprint density at radius 1 is 0.277 bits per heavy atom. The van der Waals surface area contributed by atoms with Crippen molar-refractivity contribution < 1.29 is 32.1 Å². The molecule has 2 aliphatic carbocycles. The number of hydrogen-bond acceptors (Lipinski definition) is 4. The van der Waals surface area contributed by atoms with Crippen LogP contribution in [-0.4, -0.2) is 20.4 Å². The maximum absolute atomic E-state index is 8.00. The second-order valence-corrected chi connectivity index (χ2v) is 15.8. The summed E-state index contributed by atoms with van der Waals surface area (Å²) in [5.41, 5.74) is 16.4.